The van der Waals surface area contributed by atoms with Crippen LogP contribution in [0.5, 0.6) is 0 Å². The molecule has 3 aliphatic rings. The van der Waals surface area contributed by atoms with Crippen LogP contribution in [0.25, 0.3) is 0 Å². The van der Waals surface area contributed by atoms with Gasteiger partial charge in [0.25, 0.3) is 0 Å². The van der Waals surface area contributed by atoms with E-state index in [0.29, 0.717) is 31.6 Å². The van der Waals surface area contributed by atoms with Gasteiger partial charge in [-0.25, -0.2) is 0 Å². The summed E-state index contributed by atoms with van der Waals surface area (Å²) in [6, 6.07) is 6.15. The number of amides is 2. The highest BCUT2D eigenvalue weighted by molar-refractivity contribution is 6.02. The molecule has 1 aromatic carbocycles. The summed E-state index contributed by atoms with van der Waals surface area (Å²) in [5.74, 6) is -0.000857. The summed E-state index contributed by atoms with van der Waals surface area (Å²) >= 11 is 0. The molecule has 2 aliphatic heterocycles. The molecule has 28 heavy (non-hydrogen) atoms. The highest BCUT2D eigenvalue weighted by Crippen LogP contribution is 2.35. The molecular formula is C22H28N2O4. The summed E-state index contributed by atoms with van der Waals surface area (Å²) in [6.07, 6.45) is 5.07. The molecule has 1 aliphatic carbocycles. The minimum absolute atomic E-state index is 0.0594. The number of nitrogens with one attached hydrogen (secondary N) is 1. The zero-order valence-corrected chi connectivity index (χ0v) is 16.2. The largest absolute Gasteiger partial charge is 0.396 e. The van der Waals surface area contributed by atoms with Crippen molar-refractivity contribution in [2.75, 3.05) is 24.6 Å². The molecule has 1 aromatic rings. The molecule has 2 fully saturated rings. The van der Waals surface area contributed by atoms with Gasteiger partial charge in [0.2, 0.25) is 11.8 Å². The monoisotopic (exact) mass is 384 g/mol. The lowest BCUT2D eigenvalue weighted by Crippen LogP contribution is -2.40. The Morgan fingerprint density at radius 2 is 1.79 bits per heavy atom. The molecule has 0 radical (unpaired) electrons. The van der Waals surface area contributed by atoms with Crippen molar-refractivity contribution in [3.8, 4) is 0 Å². The van der Waals surface area contributed by atoms with Crippen molar-refractivity contribution in [3.05, 3.63) is 29.3 Å². The first-order valence-corrected chi connectivity index (χ1v) is 10.4. The van der Waals surface area contributed by atoms with E-state index >= 15 is 0 Å². The van der Waals surface area contributed by atoms with Gasteiger partial charge in [-0.1, -0.05) is 0 Å². The van der Waals surface area contributed by atoms with E-state index in [9.17, 15) is 19.5 Å². The fraction of sp³-hybridized carbons (Fsp3) is 0.591. The van der Waals surface area contributed by atoms with Gasteiger partial charge in [0, 0.05) is 49.2 Å². The number of imide groups is 1. The van der Waals surface area contributed by atoms with Crippen molar-refractivity contribution in [1.29, 1.82) is 0 Å². The normalized spacial score (nSPS) is 25.8. The standard InChI is InChI=1S/C22H28N2O4/c25-13-14-7-9-24(10-8-14)18-4-5-19-17(12-18)11-16(21(19)27)2-1-15-3-6-20(26)23-22(15)28/h4-5,12,14-16,25H,1-3,6-11,13H2,(H,23,26,28). The average Bonchev–Trinajstić information content (AvgIpc) is 3.02. The van der Waals surface area contributed by atoms with E-state index in [2.05, 4.69) is 16.3 Å². The van der Waals surface area contributed by atoms with Crippen LogP contribution in [0.4, 0.5) is 5.69 Å². The highest BCUT2D eigenvalue weighted by atomic mass is 16.3. The summed E-state index contributed by atoms with van der Waals surface area (Å²) in [6.45, 7) is 2.15. The molecule has 2 amide bonds. The van der Waals surface area contributed by atoms with Gasteiger partial charge in [-0.3, -0.25) is 19.7 Å². The fourth-order valence-electron chi connectivity index (χ4n) is 4.79. The van der Waals surface area contributed by atoms with E-state index in [1.54, 1.807) is 0 Å². The molecule has 2 unspecified atom stereocenters. The Kier molecular flexibility index (Phi) is 5.49. The van der Waals surface area contributed by atoms with E-state index in [1.807, 2.05) is 12.1 Å². The molecule has 0 aromatic heterocycles. The van der Waals surface area contributed by atoms with Gasteiger partial charge >= 0.3 is 0 Å². The molecule has 6 nitrogen and oxygen atoms in total. The molecule has 0 saturated carbocycles. The van der Waals surface area contributed by atoms with E-state index in [4.69, 9.17) is 0 Å². The van der Waals surface area contributed by atoms with Gasteiger partial charge in [-0.2, -0.15) is 0 Å². The Labute approximate surface area is 165 Å². The number of rotatable bonds is 5. The summed E-state index contributed by atoms with van der Waals surface area (Å²) in [4.78, 5) is 38.3. The molecule has 2 heterocycles. The van der Waals surface area contributed by atoms with Crippen molar-refractivity contribution in [2.24, 2.45) is 17.8 Å². The number of hydrogen-bond donors (Lipinski definition) is 2. The zero-order chi connectivity index (χ0) is 19.7. The molecule has 2 saturated heterocycles. The lowest BCUT2D eigenvalue weighted by atomic mass is 9.88. The second kappa shape index (κ2) is 8.03. The Balaban J connectivity index is 1.37. The van der Waals surface area contributed by atoms with Crippen LogP contribution in [0, 0.1) is 17.8 Å². The smallest absolute Gasteiger partial charge is 0.229 e. The number of piperidine rings is 2. The fourth-order valence-corrected chi connectivity index (χ4v) is 4.79. The van der Waals surface area contributed by atoms with Gasteiger partial charge in [0.05, 0.1) is 0 Å². The van der Waals surface area contributed by atoms with E-state index < -0.39 is 0 Å². The predicted molar refractivity (Wildman–Crippen MR) is 105 cm³/mol. The maximum Gasteiger partial charge on any atom is 0.229 e. The predicted octanol–water partition coefficient (Wildman–Crippen LogP) is 2.08. The number of Topliss-reactive ketones (excluding diaryl/α,β-unsaturated/α-hetero) is 1. The Bertz CT molecular complexity index is 783. The molecule has 0 spiro atoms. The molecule has 2 N–H and O–H groups in total. The number of benzene rings is 1. The van der Waals surface area contributed by atoms with Crippen LogP contribution in [-0.4, -0.2) is 42.4 Å². The molecule has 2 atom stereocenters. The number of carbonyl (C=O) groups excluding carboxylic acids is 3. The topological polar surface area (TPSA) is 86.7 Å². The number of aliphatic hydroxyl groups excluding tert-OH is 1. The number of anilines is 1. The van der Waals surface area contributed by atoms with Crippen molar-refractivity contribution < 1.29 is 19.5 Å². The third-order valence-electron chi connectivity index (χ3n) is 6.65. The van der Waals surface area contributed by atoms with Gasteiger partial charge in [-0.05, 0) is 68.2 Å². The first-order chi connectivity index (χ1) is 13.5. The molecule has 150 valence electrons. The minimum atomic E-state index is -0.193. The Morgan fingerprint density at radius 1 is 1.04 bits per heavy atom. The molecular weight excluding hydrogens is 356 g/mol. The number of hydrogen-bond acceptors (Lipinski definition) is 5. The van der Waals surface area contributed by atoms with Gasteiger partial charge in [0.15, 0.2) is 5.78 Å². The molecule has 0 bridgehead atoms. The second-order valence-electron chi connectivity index (χ2n) is 8.45. The lowest BCUT2D eigenvalue weighted by Gasteiger charge is -2.33. The number of ketones is 1. The Hall–Kier alpha value is -2.21. The minimum Gasteiger partial charge on any atom is -0.396 e. The lowest BCUT2D eigenvalue weighted by molar-refractivity contribution is -0.136. The van der Waals surface area contributed by atoms with E-state index in [-0.39, 0.29) is 36.0 Å². The van der Waals surface area contributed by atoms with Gasteiger partial charge in [0.1, 0.15) is 0 Å². The summed E-state index contributed by atoms with van der Waals surface area (Å²) in [5.41, 5.74) is 3.09. The second-order valence-corrected chi connectivity index (χ2v) is 8.45. The van der Waals surface area contributed by atoms with Gasteiger partial charge in [-0.15, -0.1) is 0 Å². The van der Waals surface area contributed by atoms with Crippen molar-refractivity contribution in [2.45, 2.75) is 44.9 Å². The van der Waals surface area contributed by atoms with Crippen LogP contribution in [0.3, 0.4) is 0 Å². The first kappa shape index (κ1) is 19.1. The quantitative estimate of drug-likeness (QED) is 0.759. The van der Waals surface area contributed by atoms with E-state index in [1.165, 1.54) is 0 Å². The van der Waals surface area contributed by atoms with Crippen LogP contribution >= 0.6 is 0 Å². The number of fused-ring (bicyclic) bond motifs is 1. The van der Waals surface area contributed by atoms with Crippen LogP contribution in [0.1, 0.15) is 54.4 Å². The average molecular weight is 384 g/mol. The maximum absolute atomic E-state index is 12.8. The third kappa shape index (κ3) is 3.83. The summed E-state index contributed by atoms with van der Waals surface area (Å²) < 4.78 is 0. The first-order valence-electron chi connectivity index (χ1n) is 10.4. The van der Waals surface area contributed by atoms with Crippen LogP contribution in [0.2, 0.25) is 0 Å². The zero-order valence-electron chi connectivity index (χ0n) is 16.2. The van der Waals surface area contributed by atoms with Crippen LogP contribution in [0.15, 0.2) is 18.2 Å². The van der Waals surface area contributed by atoms with Crippen molar-refractivity contribution >= 4 is 23.3 Å². The summed E-state index contributed by atoms with van der Waals surface area (Å²) in [5, 5.41) is 11.7. The van der Waals surface area contributed by atoms with Crippen LogP contribution in [-0.2, 0) is 16.0 Å². The molecule has 6 heteroatoms. The van der Waals surface area contributed by atoms with Crippen molar-refractivity contribution in [1.82, 2.24) is 5.32 Å². The van der Waals surface area contributed by atoms with Gasteiger partial charge < -0.3 is 10.0 Å². The number of carbonyl (C=O) groups is 3. The molecule has 4 rings (SSSR count). The Morgan fingerprint density at radius 3 is 2.50 bits per heavy atom. The van der Waals surface area contributed by atoms with Crippen molar-refractivity contribution in [3.63, 3.8) is 0 Å². The number of nitrogens with zero attached hydrogens (tertiary/aromatic N) is 1. The maximum atomic E-state index is 12.8. The summed E-state index contributed by atoms with van der Waals surface area (Å²) in [7, 11) is 0. The third-order valence-corrected chi connectivity index (χ3v) is 6.65. The highest BCUT2D eigenvalue weighted by Gasteiger charge is 2.33. The number of aliphatic hydroxyl groups is 1. The SMILES string of the molecule is O=C1CCC(CCC2Cc3cc(N4CCC(CO)CC4)ccc3C2=O)C(=O)N1. The van der Waals surface area contributed by atoms with Crippen LogP contribution < -0.4 is 10.2 Å². The van der Waals surface area contributed by atoms with E-state index in [0.717, 1.165) is 49.2 Å².